The predicted molar refractivity (Wildman–Crippen MR) is 63.5 cm³/mol. The Morgan fingerprint density at radius 2 is 2.40 bits per heavy atom. The molecular weight excluding hydrogens is 184 g/mol. The van der Waals surface area contributed by atoms with Crippen LogP contribution >= 0.6 is 0 Å². The molecular formula is C14H22O. The first-order chi connectivity index (χ1) is 7.07. The number of fused-ring (bicyclic) bond motifs is 1. The summed E-state index contributed by atoms with van der Waals surface area (Å²) < 4.78 is 0. The fourth-order valence-electron chi connectivity index (χ4n) is 3.21. The van der Waals surface area contributed by atoms with E-state index in [9.17, 15) is 5.11 Å². The van der Waals surface area contributed by atoms with E-state index in [0.717, 1.165) is 18.8 Å². The summed E-state index contributed by atoms with van der Waals surface area (Å²) in [6.45, 7) is 8.40. The van der Waals surface area contributed by atoms with Gasteiger partial charge in [0.1, 0.15) is 0 Å². The SMILES string of the molecule is C=CCCC(O)C1=CC[C@H]2C[C@@H]1C2(C)C. The van der Waals surface area contributed by atoms with Gasteiger partial charge in [-0.3, -0.25) is 0 Å². The van der Waals surface area contributed by atoms with Gasteiger partial charge in [0.25, 0.3) is 0 Å². The van der Waals surface area contributed by atoms with Crippen molar-refractivity contribution in [2.75, 3.05) is 0 Å². The lowest BCUT2D eigenvalue weighted by Gasteiger charge is -2.57. The number of aliphatic hydroxyl groups is 1. The van der Waals surface area contributed by atoms with Crippen LogP contribution in [0.1, 0.15) is 39.5 Å². The maximum Gasteiger partial charge on any atom is 0.0756 e. The van der Waals surface area contributed by atoms with Crippen LogP contribution in [-0.4, -0.2) is 11.2 Å². The minimum atomic E-state index is -0.228. The van der Waals surface area contributed by atoms with Gasteiger partial charge >= 0.3 is 0 Å². The molecule has 1 nitrogen and oxygen atoms in total. The van der Waals surface area contributed by atoms with E-state index in [1.807, 2.05) is 6.08 Å². The van der Waals surface area contributed by atoms with Gasteiger partial charge in [-0.2, -0.15) is 0 Å². The molecule has 0 spiro atoms. The molecule has 0 heterocycles. The lowest BCUT2D eigenvalue weighted by atomic mass is 9.48. The summed E-state index contributed by atoms with van der Waals surface area (Å²) in [4.78, 5) is 0. The summed E-state index contributed by atoms with van der Waals surface area (Å²) in [7, 11) is 0. The molecule has 0 saturated heterocycles. The second kappa shape index (κ2) is 3.79. The van der Waals surface area contributed by atoms with Gasteiger partial charge in [0.2, 0.25) is 0 Å². The fourth-order valence-corrected chi connectivity index (χ4v) is 3.21. The summed E-state index contributed by atoms with van der Waals surface area (Å²) in [6, 6.07) is 0. The van der Waals surface area contributed by atoms with E-state index in [1.54, 1.807) is 0 Å². The largest absolute Gasteiger partial charge is 0.389 e. The first kappa shape index (κ1) is 10.9. The molecule has 1 saturated carbocycles. The van der Waals surface area contributed by atoms with Crippen LogP contribution in [0, 0.1) is 17.3 Å². The smallest absolute Gasteiger partial charge is 0.0756 e. The van der Waals surface area contributed by atoms with Crippen LogP contribution < -0.4 is 0 Å². The van der Waals surface area contributed by atoms with E-state index in [0.29, 0.717) is 11.3 Å². The Morgan fingerprint density at radius 3 is 2.93 bits per heavy atom. The molecule has 3 aliphatic rings. The molecule has 3 rings (SSSR count). The van der Waals surface area contributed by atoms with Crippen LogP contribution in [0.4, 0.5) is 0 Å². The van der Waals surface area contributed by atoms with Crippen molar-refractivity contribution in [1.29, 1.82) is 0 Å². The molecule has 1 unspecified atom stereocenters. The Hall–Kier alpha value is -0.560. The molecule has 1 fully saturated rings. The molecule has 0 aliphatic heterocycles. The van der Waals surface area contributed by atoms with E-state index in [2.05, 4.69) is 26.5 Å². The second-order valence-corrected chi connectivity index (χ2v) is 5.63. The first-order valence-corrected chi connectivity index (χ1v) is 6.06. The molecule has 3 atom stereocenters. The van der Waals surface area contributed by atoms with Crippen LogP contribution in [0.15, 0.2) is 24.3 Å². The standard InChI is InChI=1S/C14H22O/c1-4-5-6-13(15)11-8-7-10-9-12(11)14(10,2)3/h4,8,10,12-13,15H,1,5-7,9H2,2-3H3/t10-,12-,13?/m0/s1. The highest BCUT2D eigenvalue weighted by molar-refractivity contribution is 5.26. The van der Waals surface area contributed by atoms with Crippen molar-refractivity contribution in [1.82, 2.24) is 0 Å². The number of hydrogen-bond acceptors (Lipinski definition) is 1. The van der Waals surface area contributed by atoms with Crippen LogP contribution in [-0.2, 0) is 0 Å². The van der Waals surface area contributed by atoms with E-state index >= 15 is 0 Å². The summed E-state index contributed by atoms with van der Waals surface area (Å²) in [5.41, 5.74) is 1.74. The maximum absolute atomic E-state index is 10.1. The Kier molecular flexibility index (Phi) is 2.76. The summed E-state index contributed by atoms with van der Waals surface area (Å²) in [5, 5.41) is 10.1. The normalized spacial score (nSPS) is 33.9. The van der Waals surface area contributed by atoms with Crippen LogP contribution in [0.25, 0.3) is 0 Å². The summed E-state index contributed by atoms with van der Waals surface area (Å²) >= 11 is 0. The second-order valence-electron chi connectivity index (χ2n) is 5.63. The molecule has 0 aromatic rings. The highest BCUT2D eigenvalue weighted by Crippen LogP contribution is 2.59. The molecule has 0 radical (unpaired) electrons. The summed E-state index contributed by atoms with van der Waals surface area (Å²) in [6.07, 6.45) is 8.17. The maximum atomic E-state index is 10.1. The van der Waals surface area contributed by atoms with Crippen LogP contribution in [0.3, 0.4) is 0 Å². The zero-order chi connectivity index (χ0) is 11.1. The van der Waals surface area contributed by atoms with Gasteiger partial charge in [0.05, 0.1) is 6.10 Å². The van der Waals surface area contributed by atoms with E-state index in [-0.39, 0.29) is 6.10 Å². The summed E-state index contributed by atoms with van der Waals surface area (Å²) in [5.74, 6) is 1.49. The molecule has 0 amide bonds. The fraction of sp³-hybridized carbons (Fsp3) is 0.714. The highest BCUT2D eigenvalue weighted by Gasteiger charge is 2.52. The number of rotatable bonds is 4. The zero-order valence-electron chi connectivity index (χ0n) is 9.87. The average Bonchev–Trinajstić information content (AvgIpc) is 2.25. The zero-order valence-corrected chi connectivity index (χ0v) is 9.87. The van der Waals surface area contributed by atoms with E-state index in [1.165, 1.54) is 18.4 Å². The van der Waals surface area contributed by atoms with Gasteiger partial charge in [-0.1, -0.05) is 26.0 Å². The molecule has 0 aromatic heterocycles. The quantitative estimate of drug-likeness (QED) is 0.700. The van der Waals surface area contributed by atoms with Gasteiger partial charge in [0.15, 0.2) is 0 Å². The molecule has 2 bridgehead atoms. The number of allylic oxidation sites excluding steroid dienone is 2. The Morgan fingerprint density at radius 1 is 1.67 bits per heavy atom. The third-order valence-electron chi connectivity index (χ3n) is 4.54. The predicted octanol–water partition coefficient (Wildman–Crippen LogP) is 3.31. The monoisotopic (exact) mass is 206 g/mol. The molecule has 3 aliphatic carbocycles. The van der Waals surface area contributed by atoms with Crippen molar-refractivity contribution in [3.8, 4) is 0 Å². The van der Waals surface area contributed by atoms with Crippen molar-refractivity contribution >= 4 is 0 Å². The van der Waals surface area contributed by atoms with Gasteiger partial charge in [-0.15, -0.1) is 6.58 Å². The molecule has 1 N–H and O–H groups in total. The van der Waals surface area contributed by atoms with Crippen molar-refractivity contribution < 1.29 is 5.11 Å². The topological polar surface area (TPSA) is 20.2 Å². The highest BCUT2D eigenvalue weighted by atomic mass is 16.3. The Balaban J connectivity index is 2.04. The van der Waals surface area contributed by atoms with E-state index < -0.39 is 0 Å². The lowest BCUT2D eigenvalue weighted by Crippen LogP contribution is -2.49. The van der Waals surface area contributed by atoms with Crippen molar-refractivity contribution in [2.45, 2.75) is 45.6 Å². The minimum Gasteiger partial charge on any atom is -0.389 e. The Labute approximate surface area is 92.9 Å². The first-order valence-electron chi connectivity index (χ1n) is 6.06. The van der Waals surface area contributed by atoms with Crippen LogP contribution in [0.2, 0.25) is 0 Å². The molecule has 84 valence electrons. The van der Waals surface area contributed by atoms with Gasteiger partial charge in [-0.05, 0) is 48.5 Å². The van der Waals surface area contributed by atoms with Crippen molar-refractivity contribution in [3.63, 3.8) is 0 Å². The number of hydrogen-bond donors (Lipinski definition) is 1. The molecule has 15 heavy (non-hydrogen) atoms. The van der Waals surface area contributed by atoms with Gasteiger partial charge in [-0.25, -0.2) is 0 Å². The molecule has 0 aromatic carbocycles. The van der Waals surface area contributed by atoms with Gasteiger partial charge in [0, 0.05) is 0 Å². The number of aliphatic hydroxyl groups excluding tert-OH is 1. The van der Waals surface area contributed by atoms with E-state index in [4.69, 9.17) is 0 Å². The Bertz CT molecular complexity index is 288. The van der Waals surface area contributed by atoms with Crippen LogP contribution in [0.5, 0.6) is 0 Å². The van der Waals surface area contributed by atoms with Gasteiger partial charge < -0.3 is 5.11 Å². The minimum absolute atomic E-state index is 0.228. The average molecular weight is 206 g/mol. The third-order valence-corrected chi connectivity index (χ3v) is 4.54. The third kappa shape index (κ3) is 1.67. The van der Waals surface area contributed by atoms with Crippen molar-refractivity contribution in [2.24, 2.45) is 17.3 Å². The molecule has 1 heteroatoms. The lowest BCUT2D eigenvalue weighted by molar-refractivity contribution is -0.0221. The van der Waals surface area contributed by atoms with Crippen molar-refractivity contribution in [3.05, 3.63) is 24.3 Å².